The highest BCUT2D eigenvalue weighted by Crippen LogP contribution is 2.46. The highest BCUT2D eigenvalue weighted by Gasteiger charge is 2.40. The van der Waals surface area contributed by atoms with Crippen molar-refractivity contribution in [2.75, 3.05) is 37.6 Å². The average Bonchev–Trinajstić information content (AvgIpc) is 3.05. The molecule has 1 saturated heterocycles. The Morgan fingerprint density at radius 3 is 2.48 bits per heavy atom. The molecule has 5 rings (SSSR count). The molecule has 1 unspecified atom stereocenters. The molecule has 6 nitrogen and oxygen atoms in total. The van der Waals surface area contributed by atoms with Crippen LogP contribution in [-0.4, -0.2) is 67.5 Å². The Morgan fingerprint density at radius 2 is 1.76 bits per heavy atom. The molecule has 8 heteroatoms. The van der Waals surface area contributed by atoms with Crippen LogP contribution in [0.2, 0.25) is 0 Å². The molecule has 0 aromatic heterocycles. The third-order valence-corrected chi connectivity index (χ3v) is 9.97. The van der Waals surface area contributed by atoms with Gasteiger partial charge in [0.2, 0.25) is 15.9 Å². The maximum atomic E-state index is 13.5. The normalized spacial score (nSPS) is 26.7. The van der Waals surface area contributed by atoms with Crippen LogP contribution in [0.1, 0.15) is 44.6 Å². The van der Waals surface area contributed by atoms with Crippen LogP contribution >= 0.6 is 11.8 Å². The lowest BCUT2D eigenvalue weighted by molar-refractivity contribution is -0.117. The molecular weight excluding hydrogens is 406 g/mol. The Bertz CT molecular complexity index is 919. The van der Waals surface area contributed by atoms with E-state index in [0.29, 0.717) is 41.4 Å². The monoisotopic (exact) mass is 435 g/mol. The van der Waals surface area contributed by atoms with E-state index in [1.54, 1.807) is 27.0 Å². The van der Waals surface area contributed by atoms with E-state index >= 15 is 0 Å². The zero-order valence-electron chi connectivity index (χ0n) is 17.0. The minimum Gasteiger partial charge on any atom is -0.310 e. The molecule has 4 aliphatic rings. The number of carbonyl (C=O) groups is 1. The lowest BCUT2D eigenvalue weighted by Crippen LogP contribution is -2.52. The first kappa shape index (κ1) is 19.8. The Hall–Kier alpha value is -1.09. The quantitative estimate of drug-likeness (QED) is 0.731. The zero-order chi connectivity index (χ0) is 20.2. The van der Waals surface area contributed by atoms with Gasteiger partial charge in [-0.3, -0.25) is 9.69 Å². The molecule has 0 N–H and O–H groups in total. The Morgan fingerprint density at radius 1 is 1.03 bits per heavy atom. The summed E-state index contributed by atoms with van der Waals surface area (Å²) in [5, 5.41) is 0.327. The van der Waals surface area contributed by atoms with Crippen LogP contribution in [0, 0.1) is 0 Å². The van der Waals surface area contributed by atoms with Gasteiger partial charge in [-0.25, -0.2) is 8.42 Å². The van der Waals surface area contributed by atoms with E-state index in [1.165, 1.54) is 32.1 Å². The minimum absolute atomic E-state index is 0.0261. The molecular formula is C21H29N3O3S2. The summed E-state index contributed by atoms with van der Waals surface area (Å²) in [6, 6.07) is 4.26. The van der Waals surface area contributed by atoms with Crippen molar-refractivity contribution in [2.45, 2.75) is 66.5 Å². The number of hydrogen-bond acceptors (Lipinski definition) is 5. The van der Waals surface area contributed by atoms with Gasteiger partial charge in [0.1, 0.15) is 0 Å². The predicted molar refractivity (Wildman–Crippen MR) is 115 cm³/mol. The third-order valence-electron chi connectivity index (χ3n) is 6.85. The highest BCUT2D eigenvalue weighted by molar-refractivity contribution is 8.00. The summed E-state index contributed by atoms with van der Waals surface area (Å²) in [5.41, 5.74) is 1.56. The first-order valence-corrected chi connectivity index (χ1v) is 13.1. The standard InChI is InChI=1S/C21H29N3O3S2/c1-15-14-24-20(25)13-17-19(8-7-18(28-15)21(17)24)29(26,27)23-11-9-22(10-12-23)16-5-3-2-4-6-16/h7-8,15-16H,2-6,9-14H2,1H3. The SMILES string of the molecule is CC1CN2C(=O)Cc3c(S(=O)(=O)N4CCN(C5CCCCC5)CC4)ccc(c32)S1. The zero-order valence-corrected chi connectivity index (χ0v) is 18.6. The molecule has 158 valence electrons. The van der Waals surface area contributed by atoms with Gasteiger partial charge in [0.25, 0.3) is 0 Å². The number of rotatable bonds is 3. The summed E-state index contributed by atoms with van der Waals surface area (Å²) in [6.07, 6.45) is 6.61. The fourth-order valence-corrected chi connectivity index (χ4v) is 8.16. The summed E-state index contributed by atoms with van der Waals surface area (Å²) in [7, 11) is -3.58. The Kier molecular flexibility index (Phi) is 5.17. The Balaban J connectivity index is 1.39. The van der Waals surface area contributed by atoms with Crippen LogP contribution in [-0.2, 0) is 21.2 Å². The lowest BCUT2D eigenvalue weighted by atomic mass is 9.94. The van der Waals surface area contributed by atoms with Crippen LogP contribution in [0.4, 0.5) is 5.69 Å². The maximum absolute atomic E-state index is 13.5. The molecule has 0 spiro atoms. The number of benzene rings is 1. The van der Waals surface area contributed by atoms with Crippen molar-refractivity contribution in [3.63, 3.8) is 0 Å². The van der Waals surface area contributed by atoms with Gasteiger partial charge in [-0.15, -0.1) is 11.8 Å². The molecule has 1 amide bonds. The fourth-order valence-electron chi connectivity index (χ4n) is 5.37. The number of nitrogens with zero attached hydrogens (tertiary/aromatic N) is 3. The number of hydrogen-bond donors (Lipinski definition) is 0. The number of carbonyl (C=O) groups excluding carboxylic acids is 1. The highest BCUT2D eigenvalue weighted by atomic mass is 32.2. The minimum atomic E-state index is -3.58. The topological polar surface area (TPSA) is 60.9 Å². The number of thioether (sulfide) groups is 1. The molecule has 1 aromatic rings. The van der Waals surface area contributed by atoms with Crippen LogP contribution < -0.4 is 4.90 Å². The van der Waals surface area contributed by atoms with E-state index in [4.69, 9.17) is 0 Å². The van der Waals surface area contributed by atoms with E-state index in [-0.39, 0.29) is 12.3 Å². The smallest absolute Gasteiger partial charge is 0.243 e. The Labute approximate surface area is 177 Å². The number of amides is 1. The van der Waals surface area contributed by atoms with E-state index in [1.807, 2.05) is 6.07 Å². The summed E-state index contributed by atoms with van der Waals surface area (Å²) in [5.74, 6) is 0.0261. The van der Waals surface area contributed by atoms with Crippen molar-refractivity contribution in [2.24, 2.45) is 0 Å². The summed E-state index contributed by atoms with van der Waals surface area (Å²) in [6.45, 7) is 5.46. The van der Waals surface area contributed by atoms with Gasteiger partial charge in [0.15, 0.2) is 0 Å². The average molecular weight is 436 g/mol. The molecule has 29 heavy (non-hydrogen) atoms. The van der Waals surface area contributed by atoms with Crippen molar-refractivity contribution in [3.8, 4) is 0 Å². The maximum Gasteiger partial charge on any atom is 0.243 e. The molecule has 3 heterocycles. The van der Waals surface area contributed by atoms with Crippen molar-refractivity contribution in [1.29, 1.82) is 0 Å². The molecule has 3 aliphatic heterocycles. The molecule has 0 bridgehead atoms. The van der Waals surface area contributed by atoms with Crippen molar-refractivity contribution in [1.82, 2.24) is 9.21 Å². The molecule has 1 atom stereocenters. The summed E-state index contributed by atoms with van der Waals surface area (Å²) < 4.78 is 28.6. The van der Waals surface area contributed by atoms with Gasteiger partial charge in [0, 0.05) is 54.5 Å². The largest absolute Gasteiger partial charge is 0.310 e. The third kappa shape index (κ3) is 3.42. The molecule has 1 aliphatic carbocycles. The van der Waals surface area contributed by atoms with Crippen molar-refractivity contribution in [3.05, 3.63) is 17.7 Å². The van der Waals surface area contributed by atoms with Crippen molar-refractivity contribution >= 4 is 33.4 Å². The summed E-state index contributed by atoms with van der Waals surface area (Å²) >= 11 is 1.73. The van der Waals surface area contributed by atoms with E-state index in [9.17, 15) is 13.2 Å². The molecule has 0 radical (unpaired) electrons. The van der Waals surface area contributed by atoms with E-state index in [0.717, 1.165) is 23.7 Å². The van der Waals surface area contributed by atoms with Gasteiger partial charge in [0.05, 0.1) is 17.0 Å². The molecule has 2 fully saturated rings. The van der Waals surface area contributed by atoms with E-state index < -0.39 is 10.0 Å². The first-order chi connectivity index (χ1) is 13.9. The second kappa shape index (κ2) is 7.55. The first-order valence-electron chi connectivity index (χ1n) is 10.8. The number of anilines is 1. The number of piperazine rings is 1. The van der Waals surface area contributed by atoms with Gasteiger partial charge in [-0.05, 0) is 25.0 Å². The molecule has 1 aromatic carbocycles. The van der Waals surface area contributed by atoms with Crippen molar-refractivity contribution < 1.29 is 13.2 Å². The van der Waals surface area contributed by atoms with Crippen LogP contribution in [0.25, 0.3) is 0 Å². The summed E-state index contributed by atoms with van der Waals surface area (Å²) in [4.78, 5) is 18.2. The fraction of sp³-hybridized carbons (Fsp3) is 0.667. The molecule has 1 saturated carbocycles. The predicted octanol–water partition coefficient (Wildman–Crippen LogP) is 2.71. The van der Waals surface area contributed by atoms with Gasteiger partial charge in [-0.2, -0.15) is 4.31 Å². The second-order valence-corrected chi connectivity index (χ2v) is 12.1. The van der Waals surface area contributed by atoms with Crippen LogP contribution in [0.3, 0.4) is 0 Å². The number of sulfonamides is 1. The van der Waals surface area contributed by atoms with Gasteiger partial charge < -0.3 is 4.90 Å². The van der Waals surface area contributed by atoms with Gasteiger partial charge >= 0.3 is 0 Å². The second-order valence-electron chi connectivity index (χ2n) is 8.73. The lowest BCUT2D eigenvalue weighted by Gasteiger charge is -2.40. The van der Waals surface area contributed by atoms with Gasteiger partial charge in [-0.1, -0.05) is 26.2 Å². The van der Waals surface area contributed by atoms with Crippen LogP contribution in [0.15, 0.2) is 21.9 Å². The van der Waals surface area contributed by atoms with Crippen LogP contribution in [0.5, 0.6) is 0 Å². The van der Waals surface area contributed by atoms with E-state index in [2.05, 4.69) is 11.8 Å².